The van der Waals surface area contributed by atoms with Gasteiger partial charge < -0.3 is 15.7 Å². The van der Waals surface area contributed by atoms with Crippen molar-refractivity contribution in [3.8, 4) is 0 Å². The molecule has 0 heterocycles. The summed E-state index contributed by atoms with van der Waals surface area (Å²) in [5.74, 6) is -2.30. The van der Waals surface area contributed by atoms with E-state index < -0.39 is 17.8 Å². The molecule has 0 aliphatic rings. The van der Waals surface area contributed by atoms with Crippen LogP contribution in [0.4, 0.5) is 0 Å². The second-order valence-corrected chi connectivity index (χ2v) is 6.79. The van der Waals surface area contributed by atoms with Crippen LogP contribution in [0.5, 0.6) is 0 Å². The minimum Gasteiger partial charge on any atom is -0.481 e. The fourth-order valence-electron chi connectivity index (χ4n) is 2.72. The molecule has 0 saturated heterocycles. The first-order valence-corrected chi connectivity index (χ1v) is 9.29. The van der Waals surface area contributed by atoms with Gasteiger partial charge in [0.25, 0.3) is 0 Å². The number of rotatable bonds is 10. The first-order valence-electron chi connectivity index (χ1n) is 9.29. The van der Waals surface area contributed by atoms with Crippen LogP contribution >= 0.6 is 0 Å². The molecule has 148 valence electrons. The normalized spacial score (nSPS) is 11.5. The van der Waals surface area contributed by atoms with Crippen molar-refractivity contribution < 1.29 is 19.5 Å². The van der Waals surface area contributed by atoms with E-state index in [0.29, 0.717) is 19.3 Å². The average Bonchev–Trinajstić information content (AvgIpc) is 2.69. The summed E-state index contributed by atoms with van der Waals surface area (Å²) in [6.07, 6.45) is 1.23. The maximum absolute atomic E-state index is 11.9. The van der Waals surface area contributed by atoms with Gasteiger partial charge in [0.15, 0.2) is 0 Å². The Hall–Kier alpha value is -3.15. The number of nitrogens with one attached hydrogen (secondary N) is 2. The van der Waals surface area contributed by atoms with E-state index in [1.165, 1.54) is 0 Å². The fraction of sp³-hybridized carbons (Fsp3) is 0.318. The van der Waals surface area contributed by atoms with E-state index in [4.69, 9.17) is 0 Å². The van der Waals surface area contributed by atoms with Crippen molar-refractivity contribution >= 4 is 17.8 Å². The summed E-state index contributed by atoms with van der Waals surface area (Å²) in [7, 11) is 0. The molecule has 6 nitrogen and oxygen atoms in total. The predicted octanol–water partition coefficient (Wildman–Crippen LogP) is 2.10. The Labute approximate surface area is 165 Å². The second kappa shape index (κ2) is 10.9. The van der Waals surface area contributed by atoms with Crippen molar-refractivity contribution in [3.05, 3.63) is 71.3 Å². The van der Waals surface area contributed by atoms with Gasteiger partial charge in [-0.1, -0.05) is 60.2 Å². The minimum atomic E-state index is -0.966. The van der Waals surface area contributed by atoms with Gasteiger partial charge >= 0.3 is 5.97 Å². The van der Waals surface area contributed by atoms with Crippen LogP contribution < -0.4 is 10.6 Å². The number of amides is 2. The highest BCUT2D eigenvalue weighted by Gasteiger charge is 2.19. The summed E-state index contributed by atoms with van der Waals surface area (Å²) in [5.41, 5.74) is 3.13. The predicted molar refractivity (Wildman–Crippen MR) is 107 cm³/mol. The van der Waals surface area contributed by atoms with Gasteiger partial charge in [-0.05, 0) is 30.9 Å². The van der Waals surface area contributed by atoms with Crippen LogP contribution in [0.15, 0.2) is 54.6 Å². The average molecular weight is 382 g/mol. The molecule has 2 aromatic rings. The molecule has 0 aliphatic heterocycles. The van der Waals surface area contributed by atoms with Crippen LogP contribution in [0.3, 0.4) is 0 Å². The van der Waals surface area contributed by atoms with Gasteiger partial charge in [0, 0.05) is 13.0 Å². The van der Waals surface area contributed by atoms with E-state index in [1.807, 2.05) is 61.5 Å². The van der Waals surface area contributed by atoms with Crippen LogP contribution in [0, 0.1) is 12.8 Å². The highest BCUT2D eigenvalue weighted by molar-refractivity contribution is 5.85. The van der Waals surface area contributed by atoms with Crippen molar-refractivity contribution in [1.82, 2.24) is 10.6 Å². The van der Waals surface area contributed by atoms with Crippen LogP contribution in [0.1, 0.15) is 23.1 Å². The molecular weight excluding hydrogens is 356 g/mol. The summed E-state index contributed by atoms with van der Waals surface area (Å²) >= 11 is 0. The fourth-order valence-corrected chi connectivity index (χ4v) is 2.72. The largest absolute Gasteiger partial charge is 0.481 e. The van der Waals surface area contributed by atoms with E-state index in [2.05, 4.69) is 10.6 Å². The lowest BCUT2D eigenvalue weighted by Crippen LogP contribution is -2.40. The minimum absolute atomic E-state index is 0.0162. The number of carbonyl (C=O) groups excluding carboxylic acids is 2. The number of carboxylic acids is 1. The number of aliphatic carboxylic acids is 1. The highest BCUT2D eigenvalue weighted by atomic mass is 16.4. The molecule has 0 fully saturated rings. The molecule has 2 amide bonds. The highest BCUT2D eigenvalue weighted by Crippen LogP contribution is 2.08. The molecular formula is C22H26N2O4. The Morgan fingerprint density at radius 1 is 0.893 bits per heavy atom. The molecule has 2 rings (SSSR count). The van der Waals surface area contributed by atoms with Crippen molar-refractivity contribution in [2.45, 2.75) is 26.2 Å². The lowest BCUT2D eigenvalue weighted by molar-refractivity contribution is -0.141. The SMILES string of the molecule is Cc1ccc(CCC(=O)NCC(=O)NCC(Cc2ccccc2)C(=O)O)cc1. The molecule has 0 saturated carbocycles. The Balaban J connectivity index is 1.69. The maximum Gasteiger partial charge on any atom is 0.308 e. The zero-order chi connectivity index (χ0) is 20.4. The third kappa shape index (κ3) is 7.61. The van der Waals surface area contributed by atoms with Crippen molar-refractivity contribution in [3.63, 3.8) is 0 Å². The number of hydrogen-bond donors (Lipinski definition) is 3. The van der Waals surface area contributed by atoms with Gasteiger partial charge in [-0.3, -0.25) is 14.4 Å². The second-order valence-electron chi connectivity index (χ2n) is 6.79. The van der Waals surface area contributed by atoms with E-state index in [1.54, 1.807) is 0 Å². The topological polar surface area (TPSA) is 95.5 Å². The molecule has 0 radical (unpaired) electrons. The number of carbonyl (C=O) groups is 3. The molecule has 0 spiro atoms. The van der Waals surface area contributed by atoms with E-state index >= 15 is 0 Å². The molecule has 6 heteroatoms. The number of aryl methyl sites for hydroxylation is 2. The summed E-state index contributed by atoms with van der Waals surface area (Å²) in [6, 6.07) is 17.2. The van der Waals surface area contributed by atoms with Crippen LogP contribution in [-0.4, -0.2) is 36.0 Å². The molecule has 28 heavy (non-hydrogen) atoms. The Morgan fingerprint density at radius 3 is 2.21 bits per heavy atom. The van der Waals surface area contributed by atoms with Crippen LogP contribution in [-0.2, 0) is 27.2 Å². The quantitative estimate of drug-likeness (QED) is 0.586. The lowest BCUT2D eigenvalue weighted by Gasteiger charge is -2.14. The standard InChI is InChI=1S/C22H26N2O4/c1-16-7-9-17(10-8-16)11-12-20(25)24-15-21(26)23-14-19(22(27)28)13-18-5-3-2-4-6-18/h2-10,19H,11-15H2,1H3,(H,23,26)(H,24,25)(H,27,28). The summed E-state index contributed by atoms with van der Waals surface area (Å²) in [6.45, 7) is 1.86. The Morgan fingerprint density at radius 2 is 1.57 bits per heavy atom. The first kappa shape index (κ1) is 21.2. The monoisotopic (exact) mass is 382 g/mol. The van der Waals surface area contributed by atoms with Gasteiger partial charge in [-0.15, -0.1) is 0 Å². The molecule has 0 bridgehead atoms. The third-order valence-electron chi connectivity index (χ3n) is 4.43. The molecule has 0 aliphatic carbocycles. The van der Waals surface area contributed by atoms with Crippen LogP contribution in [0.2, 0.25) is 0 Å². The molecule has 2 aromatic carbocycles. The Kier molecular flexibility index (Phi) is 8.21. The molecule has 1 atom stereocenters. The molecule has 0 aromatic heterocycles. The van der Waals surface area contributed by atoms with Crippen molar-refractivity contribution in [1.29, 1.82) is 0 Å². The smallest absolute Gasteiger partial charge is 0.308 e. The van der Waals surface area contributed by atoms with E-state index in [9.17, 15) is 19.5 Å². The first-order chi connectivity index (χ1) is 13.4. The summed E-state index contributed by atoms with van der Waals surface area (Å²) in [5, 5.41) is 14.5. The van der Waals surface area contributed by atoms with Crippen LogP contribution in [0.25, 0.3) is 0 Å². The van der Waals surface area contributed by atoms with E-state index in [0.717, 1.165) is 16.7 Å². The molecule has 1 unspecified atom stereocenters. The summed E-state index contributed by atoms with van der Waals surface area (Å²) in [4.78, 5) is 35.2. The van der Waals surface area contributed by atoms with Gasteiger partial charge in [0.2, 0.25) is 11.8 Å². The van der Waals surface area contributed by atoms with Crippen molar-refractivity contribution in [2.24, 2.45) is 5.92 Å². The summed E-state index contributed by atoms with van der Waals surface area (Å²) < 4.78 is 0. The lowest BCUT2D eigenvalue weighted by atomic mass is 9.99. The van der Waals surface area contributed by atoms with Gasteiger partial charge in [0.1, 0.15) is 0 Å². The third-order valence-corrected chi connectivity index (χ3v) is 4.43. The maximum atomic E-state index is 11.9. The molecule has 3 N–H and O–H groups in total. The van der Waals surface area contributed by atoms with Gasteiger partial charge in [0.05, 0.1) is 12.5 Å². The van der Waals surface area contributed by atoms with Gasteiger partial charge in [-0.2, -0.15) is 0 Å². The van der Waals surface area contributed by atoms with E-state index in [-0.39, 0.29) is 19.0 Å². The number of benzene rings is 2. The number of carboxylic acid groups (broad SMARTS) is 1. The Bertz CT molecular complexity index is 788. The zero-order valence-corrected chi connectivity index (χ0v) is 16.0. The number of hydrogen-bond acceptors (Lipinski definition) is 3. The zero-order valence-electron chi connectivity index (χ0n) is 16.0. The van der Waals surface area contributed by atoms with Gasteiger partial charge in [-0.25, -0.2) is 0 Å². The van der Waals surface area contributed by atoms with Crippen molar-refractivity contribution in [2.75, 3.05) is 13.1 Å².